The van der Waals surface area contributed by atoms with E-state index in [0.717, 1.165) is 0 Å². The molecule has 0 heterocycles. The van der Waals surface area contributed by atoms with E-state index in [-0.39, 0.29) is 75.3 Å². The second kappa shape index (κ2) is 7.67. The molecule has 0 aromatic heterocycles. The van der Waals surface area contributed by atoms with Gasteiger partial charge in [-0.05, 0) is 12.1 Å². The van der Waals surface area contributed by atoms with Gasteiger partial charge in [0.1, 0.15) is 0 Å². The van der Waals surface area contributed by atoms with Crippen LogP contribution in [0, 0.1) is 0 Å². The third-order valence-corrected chi connectivity index (χ3v) is 1.50. The summed E-state index contributed by atoms with van der Waals surface area (Å²) in [7, 11) is 0. The SMILES string of the molecule is CCC(=O)OC(=O)c1ccccc1.[Cs]. The van der Waals surface area contributed by atoms with E-state index in [1.54, 1.807) is 37.3 Å². The van der Waals surface area contributed by atoms with Crippen LogP contribution >= 0.6 is 0 Å². The second-order valence-electron chi connectivity index (χ2n) is 2.48. The van der Waals surface area contributed by atoms with Gasteiger partial charge in [-0.15, -0.1) is 0 Å². The molecule has 0 spiro atoms. The van der Waals surface area contributed by atoms with Crippen LogP contribution in [0.2, 0.25) is 0 Å². The minimum absolute atomic E-state index is 0. The molecule has 0 aliphatic rings. The molecule has 0 saturated carbocycles. The smallest absolute Gasteiger partial charge is 0.345 e. The van der Waals surface area contributed by atoms with Crippen molar-refractivity contribution in [3.05, 3.63) is 35.9 Å². The van der Waals surface area contributed by atoms with Crippen molar-refractivity contribution in [2.75, 3.05) is 0 Å². The average molecular weight is 311 g/mol. The Morgan fingerprint density at radius 1 is 1.21 bits per heavy atom. The van der Waals surface area contributed by atoms with Crippen LogP contribution in [0.1, 0.15) is 23.7 Å². The molecule has 1 aromatic carbocycles. The van der Waals surface area contributed by atoms with Crippen LogP contribution in [-0.2, 0) is 9.53 Å². The maximum absolute atomic E-state index is 11.2. The van der Waals surface area contributed by atoms with Gasteiger partial charge in [-0.25, -0.2) is 4.79 Å². The molecule has 0 aliphatic heterocycles. The number of esters is 2. The predicted octanol–water partition coefficient (Wildman–Crippen LogP) is 1.40. The molecule has 0 aliphatic carbocycles. The topological polar surface area (TPSA) is 43.4 Å². The summed E-state index contributed by atoms with van der Waals surface area (Å²) in [6.45, 7) is 1.64. The zero-order valence-electron chi connectivity index (χ0n) is 8.32. The fourth-order valence-electron chi connectivity index (χ4n) is 0.809. The Labute approximate surface area is 142 Å². The number of rotatable bonds is 2. The minimum Gasteiger partial charge on any atom is -0.389 e. The first-order valence-electron chi connectivity index (χ1n) is 4.04. The molecule has 1 radical (unpaired) electrons. The Bertz CT molecular complexity index is 308. The van der Waals surface area contributed by atoms with Gasteiger partial charge in [0.25, 0.3) is 0 Å². The van der Waals surface area contributed by atoms with Gasteiger partial charge in [0.05, 0.1) is 5.56 Å². The monoisotopic (exact) mass is 311 g/mol. The van der Waals surface area contributed by atoms with Crippen molar-refractivity contribution in [2.24, 2.45) is 0 Å². The number of ether oxygens (including phenoxy) is 1. The molecule has 1 aromatic rings. The van der Waals surface area contributed by atoms with Crippen molar-refractivity contribution in [3.63, 3.8) is 0 Å². The molecule has 0 saturated heterocycles. The van der Waals surface area contributed by atoms with Gasteiger partial charge < -0.3 is 4.74 Å². The van der Waals surface area contributed by atoms with Gasteiger partial charge in [-0.1, -0.05) is 25.1 Å². The van der Waals surface area contributed by atoms with E-state index in [1.165, 1.54) is 0 Å². The molecular weight excluding hydrogens is 301 g/mol. The summed E-state index contributed by atoms with van der Waals surface area (Å²) in [4.78, 5) is 21.9. The van der Waals surface area contributed by atoms with Crippen molar-refractivity contribution in [1.29, 1.82) is 0 Å². The first-order chi connectivity index (χ1) is 6.24. The number of benzene rings is 1. The summed E-state index contributed by atoms with van der Waals surface area (Å²) in [6.07, 6.45) is 0.207. The zero-order valence-corrected chi connectivity index (χ0v) is 14.6. The van der Waals surface area contributed by atoms with Gasteiger partial charge in [0.15, 0.2) is 0 Å². The Morgan fingerprint density at radius 2 is 1.79 bits per heavy atom. The van der Waals surface area contributed by atoms with E-state index in [4.69, 9.17) is 0 Å². The van der Waals surface area contributed by atoms with Crippen molar-refractivity contribution >= 4 is 80.8 Å². The van der Waals surface area contributed by atoms with Crippen LogP contribution in [0.4, 0.5) is 0 Å². The molecule has 0 fully saturated rings. The van der Waals surface area contributed by atoms with Crippen molar-refractivity contribution in [2.45, 2.75) is 13.3 Å². The number of hydrogen-bond acceptors (Lipinski definition) is 3. The molecule has 0 amide bonds. The molecule has 0 unspecified atom stereocenters. The summed E-state index contributed by atoms with van der Waals surface area (Å²) in [5.41, 5.74) is 0.393. The number of carbonyl (C=O) groups is 2. The molecule has 69 valence electrons. The Morgan fingerprint density at radius 3 is 2.29 bits per heavy atom. The van der Waals surface area contributed by atoms with E-state index in [9.17, 15) is 9.59 Å². The third kappa shape index (κ3) is 4.77. The van der Waals surface area contributed by atoms with E-state index in [2.05, 4.69) is 4.74 Å². The first kappa shape index (κ1) is 14.4. The summed E-state index contributed by atoms with van der Waals surface area (Å²) >= 11 is 0. The Balaban J connectivity index is 0.00000169. The number of carbonyl (C=O) groups excluding carboxylic acids is 2. The Kier molecular flexibility index (Phi) is 7.90. The quantitative estimate of drug-likeness (QED) is 0.612. The van der Waals surface area contributed by atoms with Gasteiger partial charge in [0.2, 0.25) is 0 Å². The van der Waals surface area contributed by atoms with Gasteiger partial charge in [0, 0.05) is 75.3 Å². The van der Waals surface area contributed by atoms with E-state index in [1.807, 2.05) is 0 Å². The second-order valence-corrected chi connectivity index (χ2v) is 2.48. The van der Waals surface area contributed by atoms with Gasteiger partial charge >= 0.3 is 11.9 Å². The first-order valence-corrected chi connectivity index (χ1v) is 4.04. The largest absolute Gasteiger partial charge is 0.389 e. The fourth-order valence-corrected chi connectivity index (χ4v) is 0.809. The Hall–Kier alpha value is 0.412. The van der Waals surface area contributed by atoms with Crippen molar-refractivity contribution in [1.82, 2.24) is 0 Å². The van der Waals surface area contributed by atoms with Crippen LogP contribution in [0.3, 0.4) is 0 Å². The van der Waals surface area contributed by atoms with E-state index >= 15 is 0 Å². The minimum atomic E-state index is -0.590. The third-order valence-electron chi connectivity index (χ3n) is 1.50. The van der Waals surface area contributed by atoms with Crippen LogP contribution in [-0.4, -0.2) is 80.8 Å². The van der Waals surface area contributed by atoms with Crippen molar-refractivity contribution < 1.29 is 14.3 Å². The number of hydrogen-bond donors (Lipinski definition) is 0. The predicted molar refractivity (Wildman–Crippen MR) is 52.9 cm³/mol. The summed E-state index contributed by atoms with van der Waals surface area (Å²) in [5, 5.41) is 0. The molecule has 0 atom stereocenters. The summed E-state index contributed by atoms with van der Waals surface area (Å²) in [6, 6.07) is 8.43. The molecule has 0 N–H and O–H groups in total. The van der Waals surface area contributed by atoms with Crippen molar-refractivity contribution in [3.8, 4) is 0 Å². The molecule has 4 heteroatoms. The molecule has 0 bridgehead atoms. The van der Waals surface area contributed by atoms with Crippen LogP contribution in [0.5, 0.6) is 0 Å². The maximum atomic E-state index is 11.2. The van der Waals surface area contributed by atoms with Gasteiger partial charge in [-0.2, -0.15) is 0 Å². The van der Waals surface area contributed by atoms with E-state index in [0.29, 0.717) is 5.56 Å². The average Bonchev–Trinajstić information content (AvgIpc) is 2.19. The zero-order chi connectivity index (χ0) is 9.68. The van der Waals surface area contributed by atoms with Crippen LogP contribution in [0.25, 0.3) is 0 Å². The summed E-state index contributed by atoms with van der Waals surface area (Å²) in [5.74, 6) is -1.10. The molecule has 1 rings (SSSR count). The molecule has 14 heavy (non-hydrogen) atoms. The molecule has 3 nitrogen and oxygen atoms in total. The van der Waals surface area contributed by atoms with Crippen LogP contribution < -0.4 is 0 Å². The normalized spacial score (nSPS) is 8.64. The standard InChI is InChI=1S/C10H10O3.Cs/c1-2-9(11)13-10(12)8-6-4-3-5-7-8;/h3-7H,2H2,1H3;. The van der Waals surface area contributed by atoms with Crippen LogP contribution in [0.15, 0.2) is 30.3 Å². The summed E-state index contributed by atoms with van der Waals surface area (Å²) < 4.78 is 4.51. The van der Waals surface area contributed by atoms with E-state index < -0.39 is 11.9 Å². The maximum Gasteiger partial charge on any atom is 0.345 e. The molecular formula is C10H10CsO3. The van der Waals surface area contributed by atoms with Gasteiger partial charge in [-0.3, -0.25) is 4.79 Å². The fraction of sp³-hybridized carbons (Fsp3) is 0.200.